The molecule has 7 heteroatoms. The second kappa shape index (κ2) is 7.96. The molecule has 0 bridgehead atoms. The van der Waals surface area contributed by atoms with Gasteiger partial charge in [-0.3, -0.25) is 4.79 Å². The van der Waals surface area contributed by atoms with Gasteiger partial charge in [0.1, 0.15) is 6.61 Å². The van der Waals surface area contributed by atoms with Crippen LogP contribution in [0.2, 0.25) is 5.02 Å². The van der Waals surface area contributed by atoms with Gasteiger partial charge >= 0.3 is 5.63 Å². The van der Waals surface area contributed by atoms with Gasteiger partial charge in [-0.25, -0.2) is 4.79 Å². The lowest BCUT2D eigenvalue weighted by Gasteiger charge is -2.08. The van der Waals surface area contributed by atoms with Gasteiger partial charge in [-0.05, 0) is 35.9 Å². The molecule has 136 valence electrons. The molecule has 2 aromatic carbocycles. The normalized spacial score (nSPS) is 10.3. The predicted molar refractivity (Wildman–Crippen MR) is 101 cm³/mol. The van der Waals surface area contributed by atoms with Crippen molar-refractivity contribution in [1.29, 1.82) is 0 Å². The highest BCUT2D eigenvalue weighted by Gasteiger charge is 2.19. The van der Waals surface area contributed by atoms with Gasteiger partial charge in [0.25, 0.3) is 5.91 Å². The summed E-state index contributed by atoms with van der Waals surface area (Å²) >= 11 is 5.81. The van der Waals surface area contributed by atoms with Crippen LogP contribution in [0.3, 0.4) is 0 Å². The fraction of sp³-hybridized carbons (Fsp3) is 0.100. The molecule has 27 heavy (non-hydrogen) atoms. The summed E-state index contributed by atoms with van der Waals surface area (Å²) in [6.07, 6.45) is 0. The zero-order valence-corrected chi connectivity index (χ0v) is 14.7. The van der Waals surface area contributed by atoms with Gasteiger partial charge in [0, 0.05) is 22.5 Å². The number of hydrogen-bond acceptors (Lipinski definition) is 5. The van der Waals surface area contributed by atoms with E-state index in [0.717, 1.165) is 5.56 Å². The van der Waals surface area contributed by atoms with E-state index in [4.69, 9.17) is 21.1 Å². The standard InChI is InChI=1S/C20H14ClNO5/c21-14-6-3-13(4-7-14)11-22-19(25)18-17(24)16-10-12(2-1-9-23)5-8-15(16)20(26)27-18/h3-8,10,23-24H,9,11H2,(H,22,25). The molecule has 3 rings (SSSR count). The summed E-state index contributed by atoms with van der Waals surface area (Å²) in [4.78, 5) is 24.5. The van der Waals surface area contributed by atoms with Crippen molar-refractivity contribution in [3.8, 4) is 17.6 Å². The molecular weight excluding hydrogens is 370 g/mol. The molecule has 1 heterocycles. The summed E-state index contributed by atoms with van der Waals surface area (Å²) in [7, 11) is 0. The molecule has 0 saturated carbocycles. The first-order valence-corrected chi connectivity index (χ1v) is 8.29. The lowest BCUT2D eigenvalue weighted by molar-refractivity contribution is 0.0914. The molecule has 3 aromatic rings. The topological polar surface area (TPSA) is 99.8 Å². The van der Waals surface area contributed by atoms with Crippen LogP contribution in [0.25, 0.3) is 10.8 Å². The molecule has 0 aliphatic heterocycles. The Morgan fingerprint density at radius 3 is 2.59 bits per heavy atom. The number of carbonyl (C=O) groups is 1. The molecule has 1 amide bonds. The molecule has 6 nitrogen and oxygen atoms in total. The lowest BCUT2D eigenvalue weighted by Crippen LogP contribution is -2.24. The second-order valence-corrected chi connectivity index (χ2v) is 6.03. The van der Waals surface area contributed by atoms with Gasteiger partial charge in [0.15, 0.2) is 5.75 Å². The number of hydrogen-bond donors (Lipinski definition) is 3. The number of aliphatic hydroxyl groups excluding tert-OH is 1. The quantitative estimate of drug-likeness (QED) is 0.603. The Hall–Kier alpha value is -3.27. The predicted octanol–water partition coefficient (Wildman–Crippen LogP) is 2.43. The van der Waals surface area contributed by atoms with Crippen molar-refractivity contribution in [2.24, 2.45) is 0 Å². The molecule has 1 aromatic heterocycles. The van der Waals surface area contributed by atoms with E-state index in [1.54, 1.807) is 30.3 Å². The third kappa shape index (κ3) is 4.11. The fourth-order valence-electron chi connectivity index (χ4n) is 2.47. The van der Waals surface area contributed by atoms with Crippen molar-refractivity contribution >= 4 is 28.3 Å². The largest absolute Gasteiger partial charge is 0.504 e. The number of halogens is 1. The molecule has 0 saturated heterocycles. The minimum absolute atomic E-state index is 0.122. The van der Waals surface area contributed by atoms with Crippen LogP contribution in [0.15, 0.2) is 51.7 Å². The zero-order valence-electron chi connectivity index (χ0n) is 14.0. The third-order valence-corrected chi connectivity index (χ3v) is 4.04. The van der Waals surface area contributed by atoms with Gasteiger partial charge in [0.2, 0.25) is 5.76 Å². The molecule has 0 spiro atoms. The summed E-state index contributed by atoms with van der Waals surface area (Å²) in [6, 6.07) is 11.3. The highest BCUT2D eigenvalue weighted by molar-refractivity contribution is 6.30. The second-order valence-electron chi connectivity index (χ2n) is 5.60. The molecule has 3 N–H and O–H groups in total. The van der Waals surface area contributed by atoms with Crippen LogP contribution >= 0.6 is 11.6 Å². The Morgan fingerprint density at radius 2 is 1.89 bits per heavy atom. The number of fused-ring (bicyclic) bond motifs is 1. The molecule has 0 radical (unpaired) electrons. The highest BCUT2D eigenvalue weighted by atomic mass is 35.5. The minimum Gasteiger partial charge on any atom is -0.504 e. The van der Waals surface area contributed by atoms with E-state index in [0.29, 0.717) is 10.6 Å². The van der Waals surface area contributed by atoms with Crippen LogP contribution in [-0.4, -0.2) is 22.7 Å². The van der Waals surface area contributed by atoms with Crippen molar-refractivity contribution < 1.29 is 19.4 Å². The van der Waals surface area contributed by atoms with Gasteiger partial charge in [0.05, 0.1) is 5.39 Å². The number of carbonyl (C=O) groups excluding carboxylic acids is 1. The van der Waals surface area contributed by atoms with E-state index in [-0.39, 0.29) is 23.9 Å². The van der Waals surface area contributed by atoms with Crippen molar-refractivity contribution in [3.05, 3.63) is 74.8 Å². The number of benzene rings is 2. The van der Waals surface area contributed by atoms with E-state index in [1.807, 2.05) is 0 Å². The average molecular weight is 384 g/mol. The first-order chi connectivity index (χ1) is 13.0. The van der Waals surface area contributed by atoms with Crippen LogP contribution in [0.5, 0.6) is 5.75 Å². The first-order valence-electron chi connectivity index (χ1n) is 7.92. The number of aromatic hydroxyl groups is 1. The van der Waals surface area contributed by atoms with Crippen LogP contribution in [0.1, 0.15) is 21.7 Å². The Bertz CT molecular complexity index is 1120. The summed E-state index contributed by atoms with van der Waals surface area (Å²) < 4.78 is 5.00. The van der Waals surface area contributed by atoms with Crippen LogP contribution in [0, 0.1) is 11.8 Å². The monoisotopic (exact) mass is 383 g/mol. The van der Waals surface area contributed by atoms with E-state index in [2.05, 4.69) is 17.2 Å². The maximum atomic E-state index is 12.4. The van der Waals surface area contributed by atoms with Crippen molar-refractivity contribution in [2.45, 2.75) is 6.54 Å². The van der Waals surface area contributed by atoms with E-state index >= 15 is 0 Å². The number of rotatable bonds is 3. The minimum atomic E-state index is -0.749. The zero-order chi connectivity index (χ0) is 19.4. The summed E-state index contributed by atoms with van der Waals surface area (Å²) in [5.74, 6) is 3.50. The number of nitrogens with one attached hydrogen (secondary N) is 1. The maximum absolute atomic E-state index is 12.4. The number of amides is 1. The maximum Gasteiger partial charge on any atom is 0.344 e. The molecule has 0 unspecified atom stereocenters. The summed E-state index contributed by atoms with van der Waals surface area (Å²) in [6.45, 7) is -0.154. The van der Waals surface area contributed by atoms with E-state index in [1.165, 1.54) is 12.1 Å². The smallest absolute Gasteiger partial charge is 0.344 e. The summed E-state index contributed by atoms with van der Waals surface area (Å²) in [5, 5.41) is 22.6. The van der Waals surface area contributed by atoms with Crippen molar-refractivity contribution in [1.82, 2.24) is 5.32 Å². The highest BCUT2D eigenvalue weighted by Crippen LogP contribution is 2.27. The fourth-order valence-corrected chi connectivity index (χ4v) is 2.60. The first kappa shape index (κ1) is 18.5. The van der Waals surface area contributed by atoms with Crippen LogP contribution in [0.4, 0.5) is 0 Å². The SMILES string of the molecule is O=C(NCc1ccc(Cl)cc1)c1oc(=O)c2ccc(C#CCO)cc2c1O. The van der Waals surface area contributed by atoms with Gasteiger partial charge in [-0.2, -0.15) is 0 Å². The Kier molecular flexibility index (Phi) is 5.46. The van der Waals surface area contributed by atoms with E-state index < -0.39 is 23.0 Å². The number of aliphatic hydroxyl groups is 1. The van der Waals surface area contributed by atoms with Crippen LogP contribution in [-0.2, 0) is 6.54 Å². The van der Waals surface area contributed by atoms with Gasteiger partial charge < -0.3 is 19.9 Å². The van der Waals surface area contributed by atoms with Gasteiger partial charge in [-0.15, -0.1) is 0 Å². The van der Waals surface area contributed by atoms with Crippen LogP contribution < -0.4 is 10.9 Å². The molecule has 0 fully saturated rings. The van der Waals surface area contributed by atoms with Crippen molar-refractivity contribution in [3.63, 3.8) is 0 Å². The Labute approximate surface area is 159 Å². The Morgan fingerprint density at radius 1 is 1.15 bits per heavy atom. The molecule has 0 aliphatic rings. The molecule has 0 atom stereocenters. The third-order valence-electron chi connectivity index (χ3n) is 3.79. The Balaban J connectivity index is 1.93. The lowest BCUT2D eigenvalue weighted by atomic mass is 10.1. The molecular formula is C20H14ClNO5. The van der Waals surface area contributed by atoms with Crippen molar-refractivity contribution in [2.75, 3.05) is 6.61 Å². The average Bonchev–Trinajstić information content (AvgIpc) is 2.68. The van der Waals surface area contributed by atoms with E-state index in [9.17, 15) is 14.7 Å². The summed E-state index contributed by atoms with van der Waals surface area (Å²) in [5.41, 5.74) is 0.517. The van der Waals surface area contributed by atoms with Gasteiger partial charge in [-0.1, -0.05) is 35.6 Å². The molecule has 0 aliphatic carbocycles.